The average Bonchev–Trinajstić information content (AvgIpc) is 3.01. The standard InChI is InChI=1S/C12H12N4O2S/c1-17-7-10-13-14-12-16(10)15-11(19-12)8-5-3-4-6-9(8)18-2/h3-6H,7H2,1-2H3. The number of ether oxygens (including phenoxy) is 2. The lowest BCUT2D eigenvalue weighted by Crippen LogP contribution is -1.97. The minimum atomic E-state index is 0.385. The summed E-state index contributed by atoms with van der Waals surface area (Å²) in [6, 6.07) is 7.77. The maximum atomic E-state index is 5.35. The van der Waals surface area contributed by atoms with Gasteiger partial charge in [0, 0.05) is 7.11 Å². The molecule has 6 nitrogen and oxygen atoms in total. The van der Waals surface area contributed by atoms with Crippen molar-refractivity contribution in [1.82, 2.24) is 19.8 Å². The van der Waals surface area contributed by atoms with Gasteiger partial charge in [-0.25, -0.2) is 0 Å². The summed E-state index contributed by atoms with van der Waals surface area (Å²) in [5, 5.41) is 13.5. The molecule has 7 heteroatoms. The van der Waals surface area contributed by atoms with E-state index >= 15 is 0 Å². The molecule has 0 bridgehead atoms. The topological polar surface area (TPSA) is 61.5 Å². The minimum Gasteiger partial charge on any atom is -0.496 e. The van der Waals surface area contributed by atoms with Crippen LogP contribution in [0.1, 0.15) is 5.82 Å². The van der Waals surface area contributed by atoms with Crippen LogP contribution in [0.3, 0.4) is 0 Å². The van der Waals surface area contributed by atoms with Crippen molar-refractivity contribution >= 4 is 16.3 Å². The van der Waals surface area contributed by atoms with Gasteiger partial charge in [0.05, 0.1) is 12.7 Å². The van der Waals surface area contributed by atoms with Crippen LogP contribution < -0.4 is 4.74 Å². The van der Waals surface area contributed by atoms with Gasteiger partial charge in [0.25, 0.3) is 0 Å². The van der Waals surface area contributed by atoms with E-state index in [0.29, 0.717) is 12.4 Å². The summed E-state index contributed by atoms with van der Waals surface area (Å²) in [4.78, 5) is 0.743. The van der Waals surface area contributed by atoms with Crippen molar-refractivity contribution in [3.63, 3.8) is 0 Å². The fourth-order valence-corrected chi connectivity index (χ4v) is 2.70. The average molecular weight is 276 g/mol. The highest BCUT2D eigenvalue weighted by Crippen LogP contribution is 2.32. The van der Waals surface area contributed by atoms with E-state index in [1.165, 1.54) is 11.3 Å². The highest BCUT2D eigenvalue weighted by Gasteiger charge is 2.15. The Morgan fingerprint density at radius 1 is 1.21 bits per heavy atom. The summed E-state index contributed by atoms with van der Waals surface area (Å²) in [6.07, 6.45) is 0. The van der Waals surface area contributed by atoms with Gasteiger partial charge in [-0.1, -0.05) is 23.5 Å². The number of methoxy groups -OCH3 is 2. The van der Waals surface area contributed by atoms with Crippen LogP contribution in [0.15, 0.2) is 24.3 Å². The number of rotatable bonds is 4. The third-order valence-corrected chi connectivity index (χ3v) is 3.60. The van der Waals surface area contributed by atoms with Gasteiger partial charge in [0.2, 0.25) is 4.96 Å². The molecule has 0 amide bonds. The molecule has 3 aromatic rings. The summed E-state index contributed by atoms with van der Waals surface area (Å²) in [5.74, 6) is 1.48. The smallest absolute Gasteiger partial charge is 0.235 e. The monoisotopic (exact) mass is 276 g/mol. The van der Waals surface area contributed by atoms with Crippen LogP contribution in [-0.4, -0.2) is 34.0 Å². The quantitative estimate of drug-likeness (QED) is 0.729. The van der Waals surface area contributed by atoms with Gasteiger partial charge in [-0.05, 0) is 12.1 Å². The molecule has 0 aliphatic heterocycles. The highest BCUT2D eigenvalue weighted by atomic mass is 32.1. The molecule has 2 aromatic heterocycles. The minimum absolute atomic E-state index is 0.385. The number of hydrogen-bond acceptors (Lipinski definition) is 6. The van der Waals surface area contributed by atoms with Crippen LogP contribution in [-0.2, 0) is 11.3 Å². The second-order valence-corrected chi connectivity index (χ2v) is 4.81. The van der Waals surface area contributed by atoms with E-state index in [2.05, 4.69) is 15.3 Å². The predicted molar refractivity (Wildman–Crippen MR) is 71.4 cm³/mol. The lowest BCUT2D eigenvalue weighted by atomic mass is 10.2. The first-order valence-corrected chi connectivity index (χ1v) is 6.48. The molecule has 0 fully saturated rings. The third-order valence-electron chi connectivity index (χ3n) is 2.67. The summed E-state index contributed by atoms with van der Waals surface area (Å²) in [5.41, 5.74) is 0.948. The van der Waals surface area contributed by atoms with Gasteiger partial charge in [-0.15, -0.1) is 10.2 Å². The molecule has 0 saturated carbocycles. The molecule has 0 aliphatic rings. The molecule has 0 saturated heterocycles. The second kappa shape index (κ2) is 4.94. The Hall–Kier alpha value is -1.99. The lowest BCUT2D eigenvalue weighted by molar-refractivity contribution is 0.176. The van der Waals surface area contributed by atoms with Crippen LogP contribution >= 0.6 is 11.3 Å². The summed E-state index contributed by atoms with van der Waals surface area (Å²) < 4.78 is 12.1. The number of fused-ring (bicyclic) bond motifs is 1. The maximum absolute atomic E-state index is 5.35. The van der Waals surface area contributed by atoms with Crippen LogP contribution in [0.5, 0.6) is 5.75 Å². The van der Waals surface area contributed by atoms with E-state index in [4.69, 9.17) is 9.47 Å². The Morgan fingerprint density at radius 3 is 2.84 bits per heavy atom. The Bertz CT molecular complexity index is 707. The van der Waals surface area contributed by atoms with Gasteiger partial charge in [0.15, 0.2) is 10.8 Å². The zero-order valence-corrected chi connectivity index (χ0v) is 11.3. The first kappa shape index (κ1) is 12.1. The molecule has 0 spiro atoms. The number of para-hydroxylation sites is 1. The van der Waals surface area contributed by atoms with Gasteiger partial charge >= 0.3 is 0 Å². The van der Waals surface area contributed by atoms with Crippen molar-refractivity contribution in [2.24, 2.45) is 0 Å². The molecule has 0 unspecified atom stereocenters. The van der Waals surface area contributed by atoms with E-state index in [9.17, 15) is 0 Å². The van der Waals surface area contributed by atoms with E-state index < -0.39 is 0 Å². The Kier molecular flexibility index (Phi) is 3.14. The molecule has 19 heavy (non-hydrogen) atoms. The Labute approximate surface area is 113 Å². The third kappa shape index (κ3) is 2.06. The van der Waals surface area contributed by atoms with Crippen molar-refractivity contribution in [3.05, 3.63) is 30.1 Å². The van der Waals surface area contributed by atoms with E-state index in [1.807, 2.05) is 24.3 Å². The van der Waals surface area contributed by atoms with Crippen LogP contribution in [0.25, 0.3) is 15.5 Å². The summed E-state index contributed by atoms with van der Waals surface area (Å²) in [6.45, 7) is 0.385. The highest BCUT2D eigenvalue weighted by molar-refractivity contribution is 7.19. The van der Waals surface area contributed by atoms with Crippen molar-refractivity contribution < 1.29 is 9.47 Å². The zero-order valence-electron chi connectivity index (χ0n) is 10.5. The summed E-state index contributed by atoms with van der Waals surface area (Å²) >= 11 is 1.47. The fourth-order valence-electron chi connectivity index (χ4n) is 1.81. The molecule has 2 heterocycles. The summed E-state index contributed by atoms with van der Waals surface area (Å²) in [7, 11) is 3.27. The van der Waals surface area contributed by atoms with Gasteiger partial charge in [-0.2, -0.15) is 9.61 Å². The van der Waals surface area contributed by atoms with Gasteiger partial charge in [-0.3, -0.25) is 0 Å². The molecular weight excluding hydrogens is 264 g/mol. The van der Waals surface area contributed by atoms with Crippen molar-refractivity contribution in [1.29, 1.82) is 0 Å². The van der Waals surface area contributed by atoms with E-state index in [0.717, 1.165) is 21.3 Å². The van der Waals surface area contributed by atoms with Crippen LogP contribution in [0, 0.1) is 0 Å². The van der Waals surface area contributed by atoms with Crippen LogP contribution in [0.2, 0.25) is 0 Å². The van der Waals surface area contributed by atoms with Crippen molar-refractivity contribution in [2.45, 2.75) is 6.61 Å². The molecule has 1 aromatic carbocycles. The molecule has 98 valence electrons. The molecular formula is C12H12N4O2S. The second-order valence-electron chi connectivity index (χ2n) is 3.85. The van der Waals surface area contributed by atoms with Crippen molar-refractivity contribution in [3.8, 4) is 16.3 Å². The zero-order chi connectivity index (χ0) is 13.2. The number of aromatic nitrogens is 4. The van der Waals surface area contributed by atoms with E-state index in [-0.39, 0.29) is 0 Å². The fraction of sp³-hybridized carbons (Fsp3) is 0.250. The van der Waals surface area contributed by atoms with Crippen molar-refractivity contribution in [2.75, 3.05) is 14.2 Å². The van der Waals surface area contributed by atoms with E-state index in [1.54, 1.807) is 18.7 Å². The Morgan fingerprint density at radius 2 is 2.05 bits per heavy atom. The van der Waals surface area contributed by atoms with Gasteiger partial charge < -0.3 is 9.47 Å². The number of nitrogens with zero attached hydrogens (tertiary/aromatic N) is 4. The molecule has 0 aliphatic carbocycles. The maximum Gasteiger partial charge on any atom is 0.235 e. The number of benzene rings is 1. The molecule has 0 radical (unpaired) electrons. The normalized spacial score (nSPS) is 11.1. The Balaban J connectivity index is 2.10. The lowest BCUT2D eigenvalue weighted by Gasteiger charge is -2.03. The molecule has 0 N–H and O–H groups in total. The first-order valence-electron chi connectivity index (χ1n) is 5.67. The predicted octanol–water partition coefficient (Wildman–Crippen LogP) is 2.01. The molecule has 0 atom stereocenters. The first-order chi connectivity index (χ1) is 9.33. The van der Waals surface area contributed by atoms with Gasteiger partial charge in [0.1, 0.15) is 12.4 Å². The largest absolute Gasteiger partial charge is 0.496 e. The SMILES string of the molecule is COCc1nnc2sc(-c3ccccc3OC)nn12. The number of hydrogen-bond donors (Lipinski definition) is 0. The molecule has 3 rings (SSSR count). The van der Waals surface area contributed by atoms with Crippen LogP contribution in [0.4, 0.5) is 0 Å².